The zero-order valence-electron chi connectivity index (χ0n) is 12.2. The standard InChI is InChI=1S/C18H19NO2S/c20-18(21-14-15-8-2-1-3-9-15)19-13-7-6-11-16-10-4-5-12-17(16)22/h1-6,8-12,22H,7,13-14H2,(H,19,20). The van der Waals surface area contributed by atoms with E-state index in [-0.39, 0.29) is 6.61 Å². The quantitative estimate of drug-likeness (QED) is 0.616. The summed E-state index contributed by atoms with van der Waals surface area (Å²) in [6, 6.07) is 17.5. The molecule has 0 atom stereocenters. The number of amides is 1. The summed E-state index contributed by atoms with van der Waals surface area (Å²) in [4.78, 5) is 12.5. The molecule has 0 saturated heterocycles. The van der Waals surface area contributed by atoms with Crippen LogP contribution in [0.5, 0.6) is 0 Å². The molecule has 0 aliphatic carbocycles. The van der Waals surface area contributed by atoms with Crippen molar-refractivity contribution in [2.75, 3.05) is 6.54 Å². The summed E-state index contributed by atoms with van der Waals surface area (Å²) in [5, 5.41) is 2.72. The van der Waals surface area contributed by atoms with Crippen LogP contribution in [0.2, 0.25) is 0 Å². The van der Waals surface area contributed by atoms with Crippen molar-refractivity contribution in [1.29, 1.82) is 0 Å². The minimum atomic E-state index is -0.396. The predicted molar refractivity (Wildman–Crippen MR) is 92.0 cm³/mol. The molecule has 0 aromatic heterocycles. The molecule has 2 aromatic rings. The van der Waals surface area contributed by atoms with E-state index < -0.39 is 6.09 Å². The maximum atomic E-state index is 11.5. The van der Waals surface area contributed by atoms with Crippen LogP contribution in [0, 0.1) is 0 Å². The van der Waals surface area contributed by atoms with Crippen molar-refractivity contribution in [3.8, 4) is 0 Å². The molecule has 0 radical (unpaired) electrons. The Morgan fingerprint density at radius 1 is 1.09 bits per heavy atom. The maximum Gasteiger partial charge on any atom is 0.407 e. The number of benzene rings is 2. The molecule has 2 aromatic carbocycles. The fourth-order valence-corrected chi connectivity index (χ4v) is 2.11. The minimum Gasteiger partial charge on any atom is -0.445 e. The first kappa shape index (κ1) is 16.2. The number of thiol groups is 1. The molecule has 0 unspecified atom stereocenters. The van der Waals surface area contributed by atoms with Crippen LogP contribution in [-0.4, -0.2) is 12.6 Å². The molecule has 1 N–H and O–H groups in total. The van der Waals surface area contributed by atoms with E-state index in [0.717, 1.165) is 22.4 Å². The molecule has 1 amide bonds. The van der Waals surface area contributed by atoms with Crippen LogP contribution in [0.4, 0.5) is 4.79 Å². The fraction of sp³-hybridized carbons (Fsp3) is 0.167. The van der Waals surface area contributed by atoms with Crippen LogP contribution < -0.4 is 5.32 Å². The first-order valence-electron chi connectivity index (χ1n) is 7.15. The van der Waals surface area contributed by atoms with Crippen molar-refractivity contribution in [1.82, 2.24) is 5.32 Å². The molecular formula is C18H19NO2S. The van der Waals surface area contributed by atoms with Gasteiger partial charge in [0.25, 0.3) is 0 Å². The summed E-state index contributed by atoms with van der Waals surface area (Å²) in [5.74, 6) is 0. The second-order valence-corrected chi connectivity index (χ2v) is 5.22. The number of ether oxygens (including phenoxy) is 1. The molecule has 0 bridgehead atoms. The lowest BCUT2D eigenvalue weighted by atomic mass is 10.2. The van der Waals surface area contributed by atoms with Gasteiger partial charge < -0.3 is 10.1 Å². The lowest BCUT2D eigenvalue weighted by Gasteiger charge is -2.06. The van der Waals surface area contributed by atoms with Gasteiger partial charge in [-0.25, -0.2) is 4.79 Å². The highest BCUT2D eigenvalue weighted by molar-refractivity contribution is 7.80. The number of nitrogens with one attached hydrogen (secondary N) is 1. The third kappa shape index (κ3) is 5.66. The molecule has 0 aliphatic heterocycles. The van der Waals surface area contributed by atoms with Gasteiger partial charge in [0.1, 0.15) is 6.61 Å². The largest absolute Gasteiger partial charge is 0.445 e. The molecule has 0 saturated carbocycles. The van der Waals surface area contributed by atoms with Gasteiger partial charge >= 0.3 is 6.09 Å². The maximum absolute atomic E-state index is 11.5. The van der Waals surface area contributed by atoms with E-state index in [1.165, 1.54) is 0 Å². The third-order valence-electron chi connectivity index (χ3n) is 3.03. The average Bonchev–Trinajstić information content (AvgIpc) is 2.55. The van der Waals surface area contributed by atoms with Gasteiger partial charge in [-0.05, 0) is 23.6 Å². The molecule has 0 heterocycles. The molecule has 22 heavy (non-hydrogen) atoms. The monoisotopic (exact) mass is 313 g/mol. The molecule has 3 nitrogen and oxygen atoms in total. The highest BCUT2D eigenvalue weighted by atomic mass is 32.1. The summed E-state index contributed by atoms with van der Waals surface area (Å²) in [5.41, 5.74) is 2.04. The first-order chi connectivity index (χ1) is 10.8. The van der Waals surface area contributed by atoms with Gasteiger partial charge in [0.2, 0.25) is 0 Å². The van der Waals surface area contributed by atoms with Crippen molar-refractivity contribution in [2.45, 2.75) is 17.9 Å². The highest BCUT2D eigenvalue weighted by Crippen LogP contribution is 2.14. The summed E-state index contributed by atoms with van der Waals surface area (Å²) >= 11 is 4.38. The average molecular weight is 313 g/mol. The number of hydrogen-bond acceptors (Lipinski definition) is 3. The normalized spacial score (nSPS) is 10.6. The van der Waals surface area contributed by atoms with Gasteiger partial charge in [0.15, 0.2) is 0 Å². The molecular weight excluding hydrogens is 294 g/mol. The second kappa shape index (κ2) is 8.95. The van der Waals surface area contributed by atoms with Gasteiger partial charge in [0, 0.05) is 11.4 Å². The Bertz CT molecular complexity index is 626. The van der Waals surface area contributed by atoms with E-state index in [1.807, 2.05) is 66.7 Å². The topological polar surface area (TPSA) is 38.3 Å². The highest BCUT2D eigenvalue weighted by Gasteiger charge is 2.00. The second-order valence-electron chi connectivity index (χ2n) is 4.74. The smallest absolute Gasteiger partial charge is 0.407 e. The molecule has 0 spiro atoms. The van der Waals surface area contributed by atoms with Crippen LogP contribution in [0.3, 0.4) is 0 Å². The number of hydrogen-bond donors (Lipinski definition) is 2. The van der Waals surface area contributed by atoms with E-state index >= 15 is 0 Å². The van der Waals surface area contributed by atoms with E-state index in [2.05, 4.69) is 17.9 Å². The lowest BCUT2D eigenvalue weighted by Crippen LogP contribution is -2.24. The van der Waals surface area contributed by atoms with Gasteiger partial charge in [-0.2, -0.15) is 0 Å². The van der Waals surface area contributed by atoms with Crippen molar-refractivity contribution in [3.05, 3.63) is 71.8 Å². The van der Waals surface area contributed by atoms with Crippen LogP contribution in [0.25, 0.3) is 6.08 Å². The fourth-order valence-electron chi connectivity index (χ4n) is 1.87. The SMILES string of the molecule is O=C(NCCC=Cc1ccccc1S)OCc1ccccc1. The van der Waals surface area contributed by atoms with Crippen LogP contribution in [0.1, 0.15) is 17.5 Å². The van der Waals surface area contributed by atoms with Crippen molar-refractivity contribution in [3.63, 3.8) is 0 Å². The van der Waals surface area contributed by atoms with Crippen LogP contribution in [0.15, 0.2) is 65.6 Å². The Kier molecular flexibility index (Phi) is 6.58. The Labute approximate surface area is 136 Å². The predicted octanol–water partition coefficient (Wildman–Crippen LogP) is 4.31. The molecule has 4 heteroatoms. The molecule has 0 aliphatic rings. The molecule has 2 rings (SSSR count). The number of alkyl carbamates (subject to hydrolysis) is 1. The summed E-state index contributed by atoms with van der Waals surface area (Å²) in [7, 11) is 0. The zero-order chi connectivity index (χ0) is 15.6. The van der Waals surface area contributed by atoms with Gasteiger partial charge in [-0.1, -0.05) is 60.7 Å². The lowest BCUT2D eigenvalue weighted by molar-refractivity contribution is 0.140. The van der Waals surface area contributed by atoms with Gasteiger partial charge in [0.05, 0.1) is 0 Å². The van der Waals surface area contributed by atoms with E-state index in [9.17, 15) is 4.79 Å². The molecule has 0 fully saturated rings. The Balaban J connectivity index is 1.64. The third-order valence-corrected chi connectivity index (χ3v) is 3.43. The first-order valence-corrected chi connectivity index (χ1v) is 7.59. The zero-order valence-corrected chi connectivity index (χ0v) is 13.1. The Morgan fingerprint density at radius 3 is 2.59 bits per heavy atom. The van der Waals surface area contributed by atoms with Gasteiger partial charge in [-0.3, -0.25) is 0 Å². The van der Waals surface area contributed by atoms with Crippen molar-refractivity contribution >= 4 is 24.8 Å². The summed E-state index contributed by atoms with van der Waals surface area (Å²) < 4.78 is 5.13. The van der Waals surface area contributed by atoms with E-state index in [4.69, 9.17) is 4.74 Å². The number of carbonyl (C=O) groups is 1. The van der Waals surface area contributed by atoms with Crippen molar-refractivity contribution < 1.29 is 9.53 Å². The van der Waals surface area contributed by atoms with Gasteiger partial charge in [-0.15, -0.1) is 12.6 Å². The number of rotatable bonds is 6. The number of carbonyl (C=O) groups excluding carboxylic acids is 1. The summed E-state index contributed by atoms with van der Waals surface area (Å²) in [6.07, 6.45) is 4.35. The molecule has 114 valence electrons. The Hall–Kier alpha value is -2.20. The van der Waals surface area contributed by atoms with Crippen LogP contribution in [-0.2, 0) is 11.3 Å². The summed E-state index contributed by atoms with van der Waals surface area (Å²) in [6.45, 7) is 0.828. The van der Waals surface area contributed by atoms with Crippen LogP contribution >= 0.6 is 12.6 Å². The van der Waals surface area contributed by atoms with Crippen molar-refractivity contribution in [2.24, 2.45) is 0 Å². The van der Waals surface area contributed by atoms with E-state index in [0.29, 0.717) is 6.54 Å². The minimum absolute atomic E-state index is 0.287. The Morgan fingerprint density at radius 2 is 1.82 bits per heavy atom. The van der Waals surface area contributed by atoms with E-state index in [1.54, 1.807) is 0 Å².